The lowest BCUT2D eigenvalue weighted by Crippen LogP contribution is -2.42. The predicted molar refractivity (Wildman–Crippen MR) is 44.7 cm³/mol. The zero-order chi connectivity index (χ0) is 11.1. The fraction of sp³-hybridized carbons (Fsp3) is 0.625. The standard InChI is InChI=1S/C8H11NO5/c1-8(2)3-4(5(10)11)9(6(8)12)7(13)14/h4H,3H2,1-2H3,(H,10,11)(H,13,14)/t4-/m0/s1. The van der Waals surface area contributed by atoms with Crippen LogP contribution < -0.4 is 0 Å². The number of likely N-dealkylation sites (tertiary alicyclic amines) is 1. The lowest BCUT2D eigenvalue weighted by Gasteiger charge is -2.16. The lowest BCUT2D eigenvalue weighted by molar-refractivity contribution is -0.145. The Hall–Kier alpha value is -1.59. The van der Waals surface area contributed by atoms with Gasteiger partial charge in [0.2, 0.25) is 5.91 Å². The summed E-state index contributed by atoms with van der Waals surface area (Å²) in [4.78, 5) is 33.2. The van der Waals surface area contributed by atoms with Crippen LogP contribution in [0.4, 0.5) is 4.79 Å². The van der Waals surface area contributed by atoms with Gasteiger partial charge in [-0.2, -0.15) is 0 Å². The molecule has 0 aromatic carbocycles. The van der Waals surface area contributed by atoms with E-state index in [9.17, 15) is 14.4 Å². The van der Waals surface area contributed by atoms with E-state index in [4.69, 9.17) is 10.2 Å². The molecule has 1 atom stereocenters. The Balaban J connectivity index is 3.06. The van der Waals surface area contributed by atoms with Gasteiger partial charge in [-0.1, -0.05) is 13.8 Å². The van der Waals surface area contributed by atoms with Crippen molar-refractivity contribution in [2.24, 2.45) is 5.41 Å². The highest BCUT2D eigenvalue weighted by atomic mass is 16.4. The zero-order valence-corrected chi connectivity index (χ0v) is 7.85. The Bertz CT molecular complexity index is 309. The molecule has 0 radical (unpaired) electrons. The number of amides is 2. The summed E-state index contributed by atoms with van der Waals surface area (Å²) in [6.07, 6.45) is -1.49. The Kier molecular flexibility index (Phi) is 2.22. The topological polar surface area (TPSA) is 94.9 Å². The highest BCUT2D eigenvalue weighted by molar-refractivity contribution is 6.01. The maximum atomic E-state index is 11.5. The van der Waals surface area contributed by atoms with Crippen molar-refractivity contribution in [2.45, 2.75) is 26.3 Å². The molecule has 1 fully saturated rings. The highest BCUT2D eigenvalue weighted by Crippen LogP contribution is 2.35. The summed E-state index contributed by atoms with van der Waals surface area (Å²) in [5, 5.41) is 17.4. The minimum Gasteiger partial charge on any atom is -0.480 e. The molecule has 0 spiro atoms. The van der Waals surface area contributed by atoms with Crippen molar-refractivity contribution in [3.8, 4) is 0 Å². The third kappa shape index (κ3) is 1.43. The number of carboxylic acid groups (broad SMARTS) is 2. The van der Waals surface area contributed by atoms with Gasteiger partial charge in [0.1, 0.15) is 6.04 Å². The van der Waals surface area contributed by atoms with Crippen LogP contribution in [0.2, 0.25) is 0 Å². The van der Waals surface area contributed by atoms with Gasteiger partial charge in [0, 0.05) is 5.41 Å². The highest BCUT2D eigenvalue weighted by Gasteiger charge is 2.51. The van der Waals surface area contributed by atoms with E-state index in [2.05, 4.69) is 0 Å². The molecule has 0 saturated carbocycles. The van der Waals surface area contributed by atoms with Gasteiger partial charge in [-0.05, 0) is 6.42 Å². The van der Waals surface area contributed by atoms with Crippen molar-refractivity contribution in [3.63, 3.8) is 0 Å². The number of aliphatic carboxylic acids is 1. The Labute approximate surface area is 80.1 Å². The van der Waals surface area contributed by atoms with E-state index >= 15 is 0 Å². The summed E-state index contributed by atoms with van der Waals surface area (Å²) in [5.41, 5.74) is -0.915. The van der Waals surface area contributed by atoms with E-state index in [1.54, 1.807) is 0 Å². The molecule has 0 aliphatic carbocycles. The second-order valence-electron chi connectivity index (χ2n) is 3.90. The summed E-state index contributed by atoms with van der Waals surface area (Å²) in [5.74, 6) is -1.94. The van der Waals surface area contributed by atoms with Crippen LogP contribution in [0.1, 0.15) is 20.3 Å². The number of imide groups is 1. The summed E-state index contributed by atoms with van der Waals surface area (Å²) in [6, 6.07) is -1.25. The van der Waals surface area contributed by atoms with Crippen molar-refractivity contribution in [3.05, 3.63) is 0 Å². The van der Waals surface area contributed by atoms with Gasteiger partial charge in [0.15, 0.2) is 0 Å². The first kappa shape index (κ1) is 10.5. The molecule has 1 aliphatic rings. The maximum Gasteiger partial charge on any atom is 0.414 e. The molecule has 0 bridgehead atoms. The van der Waals surface area contributed by atoms with Crippen molar-refractivity contribution < 1.29 is 24.6 Å². The van der Waals surface area contributed by atoms with Gasteiger partial charge in [-0.25, -0.2) is 14.5 Å². The number of hydrogen-bond donors (Lipinski definition) is 2. The quantitative estimate of drug-likeness (QED) is 0.639. The van der Waals surface area contributed by atoms with Crippen LogP contribution in [0.15, 0.2) is 0 Å². The Morgan fingerprint density at radius 3 is 2.21 bits per heavy atom. The number of nitrogens with zero attached hydrogens (tertiary/aromatic N) is 1. The molecule has 1 aliphatic heterocycles. The SMILES string of the molecule is CC1(C)C[C@@H](C(=O)O)N(C(=O)O)C1=O. The van der Waals surface area contributed by atoms with Gasteiger partial charge in [-0.3, -0.25) is 4.79 Å². The number of carbonyl (C=O) groups excluding carboxylic acids is 1. The van der Waals surface area contributed by atoms with Gasteiger partial charge >= 0.3 is 12.1 Å². The van der Waals surface area contributed by atoms with Crippen molar-refractivity contribution >= 4 is 18.0 Å². The molecule has 6 heteroatoms. The fourth-order valence-electron chi connectivity index (χ4n) is 1.55. The van der Waals surface area contributed by atoms with Crippen LogP contribution >= 0.6 is 0 Å². The van der Waals surface area contributed by atoms with Crippen LogP contribution in [0, 0.1) is 5.41 Å². The molecule has 2 amide bonds. The molecule has 2 N–H and O–H groups in total. The summed E-state index contributed by atoms with van der Waals surface area (Å²) in [6.45, 7) is 3.07. The summed E-state index contributed by atoms with van der Waals surface area (Å²) < 4.78 is 0. The van der Waals surface area contributed by atoms with Crippen LogP contribution in [-0.2, 0) is 9.59 Å². The molecule has 0 aromatic heterocycles. The Morgan fingerprint density at radius 1 is 1.43 bits per heavy atom. The van der Waals surface area contributed by atoms with Gasteiger partial charge in [0.05, 0.1) is 0 Å². The van der Waals surface area contributed by atoms with Gasteiger partial charge in [0.25, 0.3) is 0 Å². The third-order valence-corrected chi connectivity index (χ3v) is 2.30. The van der Waals surface area contributed by atoms with E-state index < -0.39 is 29.4 Å². The number of carboxylic acids is 1. The normalized spacial score (nSPS) is 25.1. The van der Waals surface area contributed by atoms with Gasteiger partial charge < -0.3 is 10.2 Å². The third-order valence-electron chi connectivity index (χ3n) is 2.30. The second-order valence-corrected chi connectivity index (χ2v) is 3.90. The van der Waals surface area contributed by atoms with Gasteiger partial charge in [-0.15, -0.1) is 0 Å². The molecule has 6 nitrogen and oxygen atoms in total. The first-order valence-corrected chi connectivity index (χ1v) is 4.07. The lowest BCUT2D eigenvalue weighted by atomic mass is 9.90. The molecule has 0 aromatic rings. The van der Waals surface area contributed by atoms with Crippen LogP contribution in [0.25, 0.3) is 0 Å². The minimum atomic E-state index is -1.51. The van der Waals surface area contributed by atoms with Crippen LogP contribution in [-0.4, -0.2) is 39.1 Å². The Morgan fingerprint density at radius 2 is 1.93 bits per heavy atom. The predicted octanol–water partition coefficient (Wildman–Crippen LogP) is 0.376. The summed E-state index contributed by atoms with van der Waals surface area (Å²) in [7, 11) is 0. The first-order valence-electron chi connectivity index (χ1n) is 4.07. The molecule has 0 unspecified atom stereocenters. The average molecular weight is 201 g/mol. The molecule has 1 heterocycles. The van der Waals surface area contributed by atoms with E-state index in [1.807, 2.05) is 0 Å². The molecule has 1 saturated heterocycles. The maximum absolute atomic E-state index is 11.5. The molecule has 1 rings (SSSR count). The van der Waals surface area contributed by atoms with E-state index in [0.717, 1.165) is 0 Å². The number of carbonyl (C=O) groups is 3. The largest absolute Gasteiger partial charge is 0.480 e. The second kappa shape index (κ2) is 2.97. The van der Waals surface area contributed by atoms with E-state index in [1.165, 1.54) is 13.8 Å². The molecule has 78 valence electrons. The van der Waals surface area contributed by atoms with Crippen molar-refractivity contribution in [2.75, 3.05) is 0 Å². The van der Waals surface area contributed by atoms with Crippen LogP contribution in [0.5, 0.6) is 0 Å². The van der Waals surface area contributed by atoms with Crippen LogP contribution in [0.3, 0.4) is 0 Å². The number of rotatable bonds is 1. The first-order chi connectivity index (χ1) is 6.27. The van der Waals surface area contributed by atoms with E-state index in [-0.39, 0.29) is 6.42 Å². The molecular formula is C8H11NO5. The zero-order valence-electron chi connectivity index (χ0n) is 7.85. The molecular weight excluding hydrogens is 190 g/mol. The monoisotopic (exact) mass is 201 g/mol. The minimum absolute atomic E-state index is 0.0213. The molecule has 14 heavy (non-hydrogen) atoms. The van der Waals surface area contributed by atoms with E-state index in [0.29, 0.717) is 4.90 Å². The summed E-state index contributed by atoms with van der Waals surface area (Å²) >= 11 is 0. The van der Waals surface area contributed by atoms with Crippen molar-refractivity contribution in [1.82, 2.24) is 4.90 Å². The van der Waals surface area contributed by atoms with Crippen molar-refractivity contribution in [1.29, 1.82) is 0 Å². The smallest absolute Gasteiger partial charge is 0.414 e. The average Bonchev–Trinajstić information content (AvgIpc) is 2.23. The fourth-order valence-corrected chi connectivity index (χ4v) is 1.55. The number of hydrogen-bond acceptors (Lipinski definition) is 3.